The number of rotatable bonds is 4. The van der Waals surface area contributed by atoms with Gasteiger partial charge in [0.15, 0.2) is 5.82 Å². The topological polar surface area (TPSA) is 75.5 Å². The number of carboxylic acids is 1. The number of carboxylic acid groups (broad SMARTS) is 1. The standard InChI is InChI=1S/C16H23N3O3/c20-16(21)13-4-6-19(7-5-13)11-12-9-17-15(18-10-12)14-3-1-2-8-22-14/h9-10,13-14H,1-8,11H2,(H,20,21)/t14-/m0/s1. The fourth-order valence-electron chi connectivity index (χ4n) is 3.15. The Morgan fingerprint density at radius 1 is 1.23 bits per heavy atom. The number of carbonyl (C=O) groups is 1. The first-order chi connectivity index (χ1) is 10.7. The van der Waals surface area contributed by atoms with Gasteiger partial charge in [0.05, 0.1) is 5.92 Å². The first-order valence-electron chi connectivity index (χ1n) is 8.10. The number of piperidine rings is 1. The Labute approximate surface area is 130 Å². The Balaban J connectivity index is 1.52. The van der Waals surface area contributed by atoms with Crippen LogP contribution >= 0.6 is 0 Å². The van der Waals surface area contributed by atoms with Gasteiger partial charge in [0.25, 0.3) is 0 Å². The highest BCUT2D eigenvalue weighted by Crippen LogP contribution is 2.25. The van der Waals surface area contributed by atoms with Crippen LogP contribution in [-0.4, -0.2) is 45.6 Å². The number of aliphatic carboxylic acids is 1. The number of hydrogen-bond donors (Lipinski definition) is 1. The second kappa shape index (κ2) is 7.15. The molecule has 3 heterocycles. The molecule has 1 aromatic rings. The zero-order valence-corrected chi connectivity index (χ0v) is 12.8. The summed E-state index contributed by atoms with van der Waals surface area (Å²) in [4.78, 5) is 22.1. The van der Waals surface area contributed by atoms with Gasteiger partial charge in [0.2, 0.25) is 0 Å². The van der Waals surface area contributed by atoms with E-state index in [2.05, 4.69) is 14.9 Å². The molecule has 3 rings (SSSR count). The summed E-state index contributed by atoms with van der Waals surface area (Å²) in [6.07, 6.45) is 8.56. The van der Waals surface area contributed by atoms with Crippen LogP contribution in [-0.2, 0) is 16.1 Å². The van der Waals surface area contributed by atoms with Gasteiger partial charge >= 0.3 is 5.97 Å². The zero-order valence-electron chi connectivity index (χ0n) is 12.8. The van der Waals surface area contributed by atoms with Crippen LogP contribution in [0, 0.1) is 5.92 Å². The summed E-state index contributed by atoms with van der Waals surface area (Å²) < 4.78 is 5.70. The Bertz CT molecular complexity index is 492. The van der Waals surface area contributed by atoms with Crippen molar-refractivity contribution >= 4 is 5.97 Å². The van der Waals surface area contributed by atoms with Crippen molar-refractivity contribution in [2.24, 2.45) is 5.92 Å². The van der Waals surface area contributed by atoms with Crippen LogP contribution in [0.4, 0.5) is 0 Å². The lowest BCUT2D eigenvalue weighted by molar-refractivity contribution is -0.143. The molecular formula is C16H23N3O3. The molecule has 120 valence electrons. The van der Waals surface area contributed by atoms with E-state index in [1.54, 1.807) is 0 Å². The van der Waals surface area contributed by atoms with E-state index >= 15 is 0 Å². The quantitative estimate of drug-likeness (QED) is 0.917. The molecule has 0 aliphatic carbocycles. The third-order valence-electron chi connectivity index (χ3n) is 4.54. The number of aromatic nitrogens is 2. The van der Waals surface area contributed by atoms with Crippen LogP contribution < -0.4 is 0 Å². The fraction of sp³-hybridized carbons (Fsp3) is 0.688. The molecule has 1 aromatic heterocycles. The predicted octanol–water partition coefficient (Wildman–Crippen LogP) is 2.01. The number of hydrogen-bond acceptors (Lipinski definition) is 5. The molecule has 1 atom stereocenters. The average molecular weight is 305 g/mol. The van der Waals surface area contributed by atoms with Gasteiger partial charge < -0.3 is 9.84 Å². The summed E-state index contributed by atoms with van der Waals surface area (Å²) in [5.74, 6) is -0.0637. The average Bonchev–Trinajstić information content (AvgIpc) is 2.57. The lowest BCUT2D eigenvalue weighted by atomic mass is 9.97. The van der Waals surface area contributed by atoms with Gasteiger partial charge in [-0.25, -0.2) is 9.97 Å². The second-order valence-electron chi connectivity index (χ2n) is 6.19. The van der Waals surface area contributed by atoms with E-state index < -0.39 is 5.97 Å². The van der Waals surface area contributed by atoms with E-state index in [0.717, 1.165) is 63.3 Å². The van der Waals surface area contributed by atoms with Crippen LogP contribution in [0.15, 0.2) is 12.4 Å². The Morgan fingerprint density at radius 3 is 2.55 bits per heavy atom. The van der Waals surface area contributed by atoms with Crippen LogP contribution in [0.3, 0.4) is 0 Å². The Kier molecular flexibility index (Phi) is 5.00. The van der Waals surface area contributed by atoms with Crippen molar-refractivity contribution in [3.05, 3.63) is 23.8 Å². The summed E-state index contributed by atoms with van der Waals surface area (Å²) in [5.41, 5.74) is 1.08. The summed E-state index contributed by atoms with van der Waals surface area (Å²) in [6.45, 7) is 3.24. The van der Waals surface area contributed by atoms with Crippen molar-refractivity contribution < 1.29 is 14.6 Å². The first-order valence-corrected chi connectivity index (χ1v) is 8.10. The largest absolute Gasteiger partial charge is 0.481 e. The van der Waals surface area contributed by atoms with Crippen molar-refractivity contribution in [3.8, 4) is 0 Å². The highest BCUT2D eigenvalue weighted by molar-refractivity contribution is 5.70. The molecule has 0 aromatic carbocycles. The van der Waals surface area contributed by atoms with Crippen molar-refractivity contribution in [1.29, 1.82) is 0 Å². The van der Waals surface area contributed by atoms with Crippen molar-refractivity contribution in [2.75, 3.05) is 19.7 Å². The third kappa shape index (κ3) is 3.81. The van der Waals surface area contributed by atoms with E-state index in [4.69, 9.17) is 9.84 Å². The van der Waals surface area contributed by atoms with Gasteiger partial charge in [-0.1, -0.05) is 0 Å². The molecule has 2 fully saturated rings. The van der Waals surface area contributed by atoms with Crippen molar-refractivity contribution in [1.82, 2.24) is 14.9 Å². The van der Waals surface area contributed by atoms with E-state index in [1.807, 2.05) is 12.4 Å². The van der Waals surface area contributed by atoms with Gasteiger partial charge in [-0.3, -0.25) is 9.69 Å². The maximum absolute atomic E-state index is 11.0. The highest BCUT2D eigenvalue weighted by atomic mass is 16.5. The lowest BCUT2D eigenvalue weighted by Crippen LogP contribution is -2.35. The van der Waals surface area contributed by atoms with E-state index in [0.29, 0.717) is 0 Å². The minimum Gasteiger partial charge on any atom is -0.481 e. The molecule has 2 saturated heterocycles. The maximum atomic E-state index is 11.0. The molecule has 2 aliphatic rings. The van der Waals surface area contributed by atoms with Gasteiger partial charge in [-0.05, 0) is 45.2 Å². The summed E-state index contributed by atoms with van der Waals surface area (Å²) >= 11 is 0. The first kappa shape index (κ1) is 15.4. The minimum absolute atomic E-state index is 0.0501. The molecule has 0 amide bonds. The number of ether oxygens (including phenoxy) is 1. The molecule has 2 aliphatic heterocycles. The van der Waals surface area contributed by atoms with Gasteiger partial charge in [-0.15, -0.1) is 0 Å². The van der Waals surface area contributed by atoms with Crippen LogP contribution in [0.25, 0.3) is 0 Å². The van der Waals surface area contributed by atoms with E-state index in [-0.39, 0.29) is 12.0 Å². The maximum Gasteiger partial charge on any atom is 0.306 e. The Hall–Kier alpha value is -1.53. The fourth-order valence-corrected chi connectivity index (χ4v) is 3.15. The molecule has 22 heavy (non-hydrogen) atoms. The zero-order chi connectivity index (χ0) is 15.4. The molecule has 6 heteroatoms. The van der Waals surface area contributed by atoms with Crippen LogP contribution in [0.5, 0.6) is 0 Å². The van der Waals surface area contributed by atoms with E-state index in [9.17, 15) is 4.79 Å². The van der Waals surface area contributed by atoms with Crippen molar-refractivity contribution in [2.45, 2.75) is 44.8 Å². The SMILES string of the molecule is O=C(O)C1CCN(Cc2cnc([C@@H]3CCCCO3)nc2)CC1. The van der Waals surface area contributed by atoms with Gasteiger partial charge in [0.1, 0.15) is 6.10 Å². The lowest BCUT2D eigenvalue weighted by Gasteiger charge is -2.29. The third-order valence-corrected chi connectivity index (χ3v) is 4.54. The summed E-state index contributed by atoms with van der Waals surface area (Å²) in [7, 11) is 0. The summed E-state index contributed by atoms with van der Waals surface area (Å²) in [5, 5.41) is 9.02. The molecule has 0 bridgehead atoms. The molecule has 0 saturated carbocycles. The molecule has 1 N–H and O–H groups in total. The Morgan fingerprint density at radius 2 is 1.95 bits per heavy atom. The minimum atomic E-state index is -0.667. The number of likely N-dealkylation sites (tertiary alicyclic amines) is 1. The predicted molar refractivity (Wildman–Crippen MR) is 80.2 cm³/mol. The molecular weight excluding hydrogens is 282 g/mol. The molecule has 6 nitrogen and oxygen atoms in total. The van der Waals surface area contributed by atoms with Gasteiger partial charge in [0, 0.05) is 31.1 Å². The molecule has 0 spiro atoms. The monoisotopic (exact) mass is 305 g/mol. The van der Waals surface area contributed by atoms with Gasteiger partial charge in [-0.2, -0.15) is 0 Å². The highest BCUT2D eigenvalue weighted by Gasteiger charge is 2.24. The smallest absolute Gasteiger partial charge is 0.306 e. The summed E-state index contributed by atoms with van der Waals surface area (Å²) in [6, 6.07) is 0. The van der Waals surface area contributed by atoms with E-state index in [1.165, 1.54) is 6.42 Å². The second-order valence-corrected chi connectivity index (χ2v) is 6.19. The number of nitrogens with zero attached hydrogens (tertiary/aromatic N) is 3. The molecule has 0 radical (unpaired) electrons. The normalized spacial score (nSPS) is 24.3. The van der Waals surface area contributed by atoms with Crippen molar-refractivity contribution in [3.63, 3.8) is 0 Å². The van der Waals surface area contributed by atoms with Crippen LogP contribution in [0.2, 0.25) is 0 Å². The molecule has 0 unspecified atom stereocenters. The van der Waals surface area contributed by atoms with Crippen LogP contribution in [0.1, 0.15) is 49.6 Å².